The van der Waals surface area contributed by atoms with Crippen molar-refractivity contribution in [1.82, 2.24) is 4.98 Å². The van der Waals surface area contributed by atoms with E-state index in [-0.39, 0.29) is 5.71 Å². The molecule has 3 aromatic rings. The molecule has 0 spiro atoms. The van der Waals surface area contributed by atoms with Crippen molar-refractivity contribution in [2.45, 2.75) is 9.79 Å². The standard InChI is InChI=1S/C22H17N3S/c1-2-16-7-3-4-9-22(16)26-18-11-12-19(21(24)15-18)20(23)13-10-17-8-5-6-14-25-17/h2-9,11-12,14-15,23H,1,24H2. The topological polar surface area (TPSA) is 62.8 Å². The number of anilines is 1. The van der Waals surface area contributed by atoms with Gasteiger partial charge >= 0.3 is 0 Å². The van der Waals surface area contributed by atoms with Gasteiger partial charge in [-0.3, -0.25) is 5.41 Å². The number of aromatic nitrogens is 1. The fraction of sp³-hybridized carbons (Fsp3) is 0. The molecule has 3 nitrogen and oxygen atoms in total. The van der Waals surface area contributed by atoms with Crippen molar-refractivity contribution in [3.63, 3.8) is 0 Å². The average molecular weight is 355 g/mol. The molecule has 0 aliphatic heterocycles. The number of nitrogens with two attached hydrogens (primary N) is 1. The lowest BCUT2D eigenvalue weighted by molar-refractivity contribution is 1.29. The number of rotatable bonds is 4. The zero-order valence-corrected chi connectivity index (χ0v) is 14.9. The van der Waals surface area contributed by atoms with Gasteiger partial charge < -0.3 is 5.73 Å². The highest BCUT2D eigenvalue weighted by atomic mass is 32.2. The van der Waals surface area contributed by atoms with Crippen molar-refractivity contribution in [1.29, 1.82) is 5.41 Å². The maximum Gasteiger partial charge on any atom is 0.114 e. The minimum absolute atomic E-state index is 0.177. The number of nitrogen functional groups attached to an aromatic ring is 1. The Kier molecular flexibility index (Phi) is 5.52. The first-order chi connectivity index (χ1) is 12.7. The predicted octanol–water partition coefficient (Wildman–Crippen LogP) is 4.88. The van der Waals surface area contributed by atoms with Crippen LogP contribution in [0.1, 0.15) is 16.8 Å². The second-order valence-corrected chi connectivity index (χ2v) is 6.55. The lowest BCUT2D eigenvalue weighted by Gasteiger charge is -2.08. The summed E-state index contributed by atoms with van der Waals surface area (Å²) in [6, 6.07) is 19.2. The lowest BCUT2D eigenvalue weighted by Crippen LogP contribution is -2.01. The Morgan fingerprint density at radius 1 is 1.12 bits per heavy atom. The van der Waals surface area contributed by atoms with E-state index in [2.05, 4.69) is 23.4 Å². The van der Waals surface area contributed by atoms with Gasteiger partial charge in [-0.05, 0) is 53.8 Å². The van der Waals surface area contributed by atoms with Gasteiger partial charge in [0.05, 0.1) is 0 Å². The Morgan fingerprint density at radius 3 is 2.65 bits per heavy atom. The summed E-state index contributed by atoms with van der Waals surface area (Å²) in [6.45, 7) is 3.85. The van der Waals surface area contributed by atoms with Crippen LogP contribution in [0.3, 0.4) is 0 Å². The maximum absolute atomic E-state index is 8.17. The van der Waals surface area contributed by atoms with E-state index in [0.717, 1.165) is 15.4 Å². The fourth-order valence-corrected chi connectivity index (χ4v) is 3.32. The molecule has 0 unspecified atom stereocenters. The number of nitrogens with zero attached hydrogens (tertiary/aromatic N) is 1. The van der Waals surface area contributed by atoms with E-state index in [0.29, 0.717) is 16.9 Å². The Bertz CT molecular complexity index is 1010. The van der Waals surface area contributed by atoms with E-state index in [9.17, 15) is 0 Å². The van der Waals surface area contributed by atoms with Gasteiger partial charge in [-0.25, -0.2) is 4.98 Å². The van der Waals surface area contributed by atoms with Gasteiger partial charge in [-0.15, -0.1) is 0 Å². The molecule has 0 bridgehead atoms. The molecular weight excluding hydrogens is 338 g/mol. The van der Waals surface area contributed by atoms with Crippen molar-refractivity contribution < 1.29 is 0 Å². The molecule has 0 fully saturated rings. The van der Waals surface area contributed by atoms with Gasteiger partial charge in [-0.2, -0.15) is 0 Å². The highest BCUT2D eigenvalue weighted by molar-refractivity contribution is 7.99. The van der Waals surface area contributed by atoms with Gasteiger partial charge in [0, 0.05) is 27.2 Å². The molecule has 1 aromatic heterocycles. The highest BCUT2D eigenvalue weighted by Gasteiger charge is 2.07. The van der Waals surface area contributed by atoms with Gasteiger partial charge in [0.1, 0.15) is 11.4 Å². The van der Waals surface area contributed by atoms with Gasteiger partial charge in [0.2, 0.25) is 0 Å². The average Bonchev–Trinajstić information content (AvgIpc) is 2.67. The molecule has 0 radical (unpaired) electrons. The Hall–Kier alpha value is -3.29. The lowest BCUT2D eigenvalue weighted by atomic mass is 10.1. The van der Waals surface area contributed by atoms with Crippen molar-refractivity contribution in [3.8, 4) is 11.8 Å². The molecular formula is C22H17N3S. The summed E-state index contributed by atoms with van der Waals surface area (Å²) in [7, 11) is 0. The molecule has 0 aliphatic carbocycles. The molecule has 0 saturated carbocycles. The van der Waals surface area contributed by atoms with Crippen LogP contribution < -0.4 is 5.73 Å². The smallest absolute Gasteiger partial charge is 0.114 e. The summed E-state index contributed by atoms with van der Waals surface area (Å²) in [5.74, 6) is 5.70. The van der Waals surface area contributed by atoms with Crippen molar-refractivity contribution in [3.05, 3.63) is 90.3 Å². The van der Waals surface area contributed by atoms with Crippen molar-refractivity contribution in [2.24, 2.45) is 0 Å². The van der Waals surface area contributed by atoms with Crippen LogP contribution in [0.5, 0.6) is 0 Å². The van der Waals surface area contributed by atoms with E-state index >= 15 is 0 Å². The van der Waals surface area contributed by atoms with Crippen LogP contribution in [0, 0.1) is 17.3 Å². The molecule has 0 aliphatic rings. The van der Waals surface area contributed by atoms with Crippen LogP contribution in [-0.4, -0.2) is 10.7 Å². The molecule has 0 amide bonds. The minimum atomic E-state index is 0.177. The fourth-order valence-electron chi connectivity index (χ4n) is 2.33. The quantitative estimate of drug-likeness (QED) is 0.398. The van der Waals surface area contributed by atoms with Crippen LogP contribution in [0.25, 0.3) is 6.08 Å². The van der Waals surface area contributed by atoms with Crippen LogP contribution in [0.4, 0.5) is 5.69 Å². The largest absolute Gasteiger partial charge is 0.398 e. The summed E-state index contributed by atoms with van der Waals surface area (Å²) in [4.78, 5) is 6.25. The maximum atomic E-state index is 8.17. The minimum Gasteiger partial charge on any atom is -0.398 e. The molecule has 126 valence electrons. The number of pyridine rings is 1. The summed E-state index contributed by atoms with van der Waals surface area (Å²) >= 11 is 1.62. The molecule has 3 rings (SSSR count). The van der Waals surface area contributed by atoms with Crippen LogP contribution >= 0.6 is 11.8 Å². The Balaban J connectivity index is 1.80. The zero-order chi connectivity index (χ0) is 18.4. The van der Waals surface area contributed by atoms with Crippen LogP contribution in [0.15, 0.2) is 83.2 Å². The predicted molar refractivity (Wildman–Crippen MR) is 109 cm³/mol. The third-order valence-electron chi connectivity index (χ3n) is 3.64. The van der Waals surface area contributed by atoms with E-state index in [1.54, 1.807) is 24.0 Å². The van der Waals surface area contributed by atoms with Gasteiger partial charge in [0.15, 0.2) is 0 Å². The third kappa shape index (κ3) is 4.21. The molecule has 4 heteroatoms. The number of benzene rings is 2. The summed E-state index contributed by atoms with van der Waals surface area (Å²) in [6.07, 6.45) is 3.51. The monoisotopic (exact) mass is 355 g/mol. The molecule has 1 heterocycles. The van der Waals surface area contributed by atoms with E-state index in [4.69, 9.17) is 11.1 Å². The second kappa shape index (κ2) is 8.19. The van der Waals surface area contributed by atoms with Gasteiger partial charge in [0.25, 0.3) is 0 Å². The van der Waals surface area contributed by atoms with E-state index in [1.165, 1.54) is 0 Å². The Morgan fingerprint density at radius 2 is 1.92 bits per heavy atom. The van der Waals surface area contributed by atoms with Crippen LogP contribution in [0.2, 0.25) is 0 Å². The highest BCUT2D eigenvalue weighted by Crippen LogP contribution is 2.32. The summed E-state index contributed by atoms with van der Waals surface area (Å²) in [5, 5.41) is 8.17. The van der Waals surface area contributed by atoms with Crippen LogP contribution in [-0.2, 0) is 0 Å². The summed E-state index contributed by atoms with van der Waals surface area (Å²) in [5.41, 5.74) is 9.20. The normalized spacial score (nSPS) is 9.85. The molecule has 2 aromatic carbocycles. The second-order valence-electron chi connectivity index (χ2n) is 5.43. The zero-order valence-electron chi connectivity index (χ0n) is 14.1. The number of hydrogen-bond donors (Lipinski definition) is 2. The third-order valence-corrected chi connectivity index (χ3v) is 4.72. The molecule has 3 N–H and O–H groups in total. The van der Waals surface area contributed by atoms with Crippen molar-refractivity contribution in [2.75, 3.05) is 5.73 Å². The molecule has 0 saturated heterocycles. The molecule has 0 atom stereocenters. The first-order valence-electron chi connectivity index (χ1n) is 7.98. The van der Waals surface area contributed by atoms with Gasteiger partial charge in [-0.1, -0.05) is 48.7 Å². The number of hydrogen-bond acceptors (Lipinski definition) is 4. The van der Waals surface area contributed by atoms with Crippen molar-refractivity contribution >= 4 is 29.2 Å². The first kappa shape index (κ1) is 17.5. The SMILES string of the molecule is C=Cc1ccccc1Sc1ccc(C(=N)C#Cc2ccccn2)c(N)c1. The van der Waals surface area contributed by atoms with E-state index < -0.39 is 0 Å². The summed E-state index contributed by atoms with van der Waals surface area (Å²) < 4.78 is 0. The number of nitrogens with one attached hydrogen (secondary N) is 1. The Labute approximate surface area is 157 Å². The first-order valence-corrected chi connectivity index (χ1v) is 8.80. The van der Waals surface area contributed by atoms with E-state index in [1.807, 2.05) is 60.7 Å². The molecule has 26 heavy (non-hydrogen) atoms.